The molecule has 0 aromatic carbocycles. The van der Waals surface area contributed by atoms with Gasteiger partial charge in [-0.05, 0) is 37.9 Å². The number of fused-ring (bicyclic) bond motifs is 1. The highest BCUT2D eigenvalue weighted by atomic mass is 16.5. The second kappa shape index (κ2) is 4.43. The molecular formula is C14H17N3O3. The molecule has 2 fully saturated rings. The third-order valence-corrected chi connectivity index (χ3v) is 4.40. The Kier molecular flexibility index (Phi) is 2.68. The average molecular weight is 275 g/mol. The number of aryl methyl sites for hydroxylation is 1. The van der Waals surface area contributed by atoms with Crippen LogP contribution in [0.1, 0.15) is 18.1 Å². The molecule has 2 aromatic rings. The first-order valence-corrected chi connectivity index (χ1v) is 6.97. The molecule has 0 saturated carbocycles. The van der Waals surface area contributed by atoms with Crippen LogP contribution < -0.4 is 5.32 Å². The Balaban J connectivity index is 1.70. The van der Waals surface area contributed by atoms with Crippen LogP contribution >= 0.6 is 0 Å². The Bertz CT molecular complexity index is 621. The molecule has 6 heteroatoms. The Morgan fingerprint density at radius 3 is 3.20 bits per heavy atom. The smallest absolute Gasteiger partial charge is 0.238 e. The van der Waals surface area contributed by atoms with E-state index in [1.165, 1.54) is 0 Å². The molecule has 0 bridgehead atoms. The topological polar surface area (TPSA) is 73.3 Å². The molecule has 2 saturated heterocycles. The summed E-state index contributed by atoms with van der Waals surface area (Å²) in [7, 11) is 0. The summed E-state index contributed by atoms with van der Waals surface area (Å²) < 4.78 is 16.7. The largest absolute Gasteiger partial charge is 0.458 e. The van der Waals surface area contributed by atoms with E-state index in [0.717, 1.165) is 31.9 Å². The molecule has 20 heavy (non-hydrogen) atoms. The Morgan fingerprint density at radius 2 is 2.35 bits per heavy atom. The SMILES string of the molecule is Cc1ccc(-c2noc([C@]34CNC[C@H]3CCOC4)n2)o1. The van der Waals surface area contributed by atoms with Crippen LogP contribution in [-0.2, 0) is 10.2 Å². The minimum atomic E-state index is -0.175. The van der Waals surface area contributed by atoms with Crippen molar-refractivity contribution in [3.63, 3.8) is 0 Å². The zero-order valence-electron chi connectivity index (χ0n) is 11.4. The lowest BCUT2D eigenvalue weighted by Crippen LogP contribution is -2.44. The lowest BCUT2D eigenvalue weighted by Gasteiger charge is -2.34. The number of hydrogen-bond acceptors (Lipinski definition) is 6. The summed E-state index contributed by atoms with van der Waals surface area (Å²) in [5.41, 5.74) is -0.175. The number of rotatable bonds is 2. The average Bonchev–Trinajstić information content (AvgIpc) is 3.17. The molecule has 2 aromatic heterocycles. The summed E-state index contributed by atoms with van der Waals surface area (Å²) in [5.74, 6) is 3.16. The van der Waals surface area contributed by atoms with Crippen molar-refractivity contribution in [2.45, 2.75) is 18.8 Å². The summed E-state index contributed by atoms with van der Waals surface area (Å²) in [4.78, 5) is 4.56. The fourth-order valence-electron chi connectivity index (χ4n) is 3.23. The zero-order chi connectivity index (χ0) is 13.6. The highest BCUT2D eigenvalue weighted by molar-refractivity contribution is 5.46. The van der Waals surface area contributed by atoms with Crippen LogP contribution in [0.3, 0.4) is 0 Å². The molecule has 1 N–H and O–H groups in total. The number of nitrogens with one attached hydrogen (secondary N) is 1. The summed E-state index contributed by atoms with van der Waals surface area (Å²) in [6, 6.07) is 3.76. The number of hydrogen-bond donors (Lipinski definition) is 1. The van der Waals surface area contributed by atoms with E-state index in [9.17, 15) is 0 Å². The lowest BCUT2D eigenvalue weighted by atomic mass is 9.75. The van der Waals surface area contributed by atoms with Gasteiger partial charge in [0.15, 0.2) is 5.76 Å². The first-order chi connectivity index (χ1) is 9.78. The molecule has 2 atom stereocenters. The van der Waals surface area contributed by atoms with E-state index in [1.807, 2.05) is 19.1 Å². The molecule has 0 spiro atoms. The molecule has 4 heterocycles. The number of ether oxygens (including phenoxy) is 1. The first-order valence-electron chi connectivity index (χ1n) is 6.97. The van der Waals surface area contributed by atoms with Crippen LogP contribution in [-0.4, -0.2) is 36.4 Å². The fraction of sp³-hybridized carbons (Fsp3) is 0.571. The van der Waals surface area contributed by atoms with E-state index >= 15 is 0 Å². The van der Waals surface area contributed by atoms with Crippen LogP contribution in [0.25, 0.3) is 11.6 Å². The summed E-state index contributed by atoms with van der Waals surface area (Å²) >= 11 is 0. The van der Waals surface area contributed by atoms with Gasteiger partial charge in [-0.25, -0.2) is 0 Å². The molecular weight excluding hydrogens is 258 g/mol. The van der Waals surface area contributed by atoms with E-state index in [1.54, 1.807) is 0 Å². The third-order valence-electron chi connectivity index (χ3n) is 4.40. The Hall–Kier alpha value is -1.66. The van der Waals surface area contributed by atoms with E-state index < -0.39 is 0 Å². The Morgan fingerprint density at radius 1 is 1.40 bits per heavy atom. The van der Waals surface area contributed by atoms with Gasteiger partial charge in [-0.15, -0.1) is 0 Å². The van der Waals surface area contributed by atoms with Crippen molar-refractivity contribution >= 4 is 0 Å². The van der Waals surface area contributed by atoms with Gasteiger partial charge in [-0.1, -0.05) is 5.16 Å². The molecule has 0 aliphatic carbocycles. The molecule has 0 radical (unpaired) electrons. The van der Waals surface area contributed by atoms with E-state index in [0.29, 0.717) is 30.0 Å². The molecule has 2 aliphatic heterocycles. The summed E-state index contributed by atoms with van der Waals surface area (Å²) in [5, 5.41) is 7.49. The number of aromatic nitrogens is 2. The van der Waals surface area contributed by atoms with Gasteiger partial charge in [0.1, 0.15) is 5.76 Å². The van der Waals surface area contributed by atoms with Gasteiger partial charge in [0.25, 0.3) is 0 Å². The van der Waals surface area contributed by atoms with Crippen molar-refractivity contribution in [2.24, 2.45) is 5.92 Å². The quantitative estimate of drug-likeness (QED) is 0.895. The molecule has 0 unspecified atom stereocenters. The number of nitrogens with zero attached hydrogens (tertiary/aromatic N) is 2. The highest BCUT2D eigenvalue weighted by Crippen LogP contribution is 2.40. The van der Waals surface area contributed by atoms with Gasteiger partial charge in [0, 0.05) is 13.2 Å². The first kappa shape index (κ1) is 12.1. The van der Waals surface area contributed by atoms with Crippen molar-refractivity contribution in [2.75, 3.05) is 26.3 Å². The molecule has 0 amide bonds. The normalized spacial score (nSPS) is 29.6. The van der Waals surface area contributed by atoms with Crippen LogP contribution in [0.5, 0.6) is 0 Å². The summed E-state index contributed by atoms with van der Waals surface area (Å²) in [6.45, 7) is 5.17. The van der Waals surface area contributed by atoms with E-state index in [-0.39, 0.29) is 5.41 Å². The van der Waals surface area contributed by atoms with Crippen LogP contribution in [0, 0.1) is 12.8 Å². The second-order valence-corrected chi connectivity index (χ2v) is 5.66. The fourth-order valence-corrected chi connectivity index (χ4v) is 3.23. The van der Waals surface area contributed by atoms with E-state index in [4.69, 9.17) is 13.7 Å². The van der Waals surface area contributed by atoms with Crippen LogP contribution in [0.2, 0.25) is 0 Å². The minimum Gasteiger partial charge on any atom is -0.458 e. The molecule has 6 nitrogen and oxygen atoms in total. The molecule has 2 aliphatic rings. The maximum atomic E-state index is 5.67. The van der Waals surface area contributed by atoms with Crippen molar-refractivity contribution in [3.05, 3.63) is 23.8 Å². The van der Waals surface area contributed by atoms with Crippen molar-refractivity contribution in [1.82, 2.24) is 15.5 Å². The van der Waals surface area contributed by atoms with Gasteiger partial charge < -0.3 is 19.0 Å². The zero-order valence-corrected chi connectivity index (χ0v) is 11.4. The van der Waals surface area contributed by atoms with E-state index in [2.05, 4.69) is 15.5 Å². The van der Waals surface area contributed by atoms with Crippen molar-refractivity contribution in [3.8, 4) is 11.6 Å². The second-order valence-electron chi connectivity index (χ2n) is 5.66. The maximum Gasteiger partial charge on any atom is 0.238 e. The predicted octanol–water partition coefficient (Wildman–Crippen LogP) is 1.52. The van der Waals surface area contributed by atoms with Crippen LogP contribution in [0.4, 0.5) is 0 Å². The maximum absolute atomic E-state index is 5.67. The molecule has 106 valence electrons. The van der Waals surface area contributed by atoms with Gasteiger partial charge >= 0.3 is 0 Å². The number of furan rings is 1. The van der Waals surface area contributed by atoms with Gasteiger partial charge in [-0.3, -0.25) is 0 Å². The standard InChI is InChI=1S/C14H17N3O3/c1-9-2-3-11(19-9)12-16-13(20-17-12)14-7-15-6-10(14)4-5-18-8-14/h2-3,10,15H,4-8H2,1H3/t10-,14+/m1/s1. The summed E-state index contributed by atoms with van der Waals surface area (Å²) in [6.07, 6.45) is 1.03. The van der Waals surface area contributed by atoms with Gasteiger partial charge in [0.05, 0.1) is 12.0 Å². The van der Waals surface area contributed by atoms with Gasteiger partial charge in [-0.2, -0.15) is 4.98 Å². The van der Waals surface area contributed by atoms with Crippen molar-refractivity contribution < 1.29 is 13.7 Å². The Labute approximate surface area is 116 Å². The lowest BCUT2D eigenvalue weighted by molar-refractivity contribution is 0.00198. The monoisotopic (exact) mass is 275 g/mol. The molecule has 4 rings (SSSR count). The minimum absolute atomic E-state index is 0.175. The highest BCUT2D eigenvalue weighted by Gasteiger charge is 2.50. The predicted molar refractivity (Wildman–Crippen MR) is 70.2 cm³/mol. The van der Waals surface area contributed by atoms with Crippen molar-refractivity contribution in [1.29, 1.82) is 0 Å². The third kappa shape index (κ3) is 1.72. The van der Waals surface area contributed by atoms with Gasteiger partial charge in [0.2, 0.25) is 11.7 Å². The van der Waals surface area contributed by atoms with Crippen LogP contribution in [0.15, 0.2) is 21.1 Å².